The fourth-order valence-corrected chi connectivity index (χ4v) is 15.3. The zero-order chi connectivity index (χ0) is 149. The van der Waals surface area contributed by atoms with E-state index in [2.05, 4.69) is 0 Å². The number of rotatable bonds is 24. The molecule has 0 bridgehead atoms. The van der Waals surface area contributed by atoms with Crippen LogP contribution in [0.15, 0.2) is 246 Å². The van der Waals surface area contributed by atoms with Crippen LogP contribution in [0.2, 0.25) is 0 Å². The van der Waals surface area contributed by atoms with Gasteiger partial charge in [0, 0.05) is 146 Å². The average molecular weight is 1760 g/mol. The number of ether oxygens (including phenoxy) is 8. The lowest BCUT2D eigenvalue weighted by Gasteiger charge is -2.43. The van der Waals surface area contributed by atoms with Gasteiger partial charge in [-0.25, -0.2) is 32.8 Å². The number of ketones is 2. The second kappa shape index (κ2) is 40.3. The fraction of sp³-hybridized carbons (Fsp3) is 0.322. The van der Waals surface area contributed by atoms with Crippen molar-refractivity contribution >= 4 is 64.9 Å². The average Bonchev–Trinajstić information content (AvgIpc) is 0.786. The first-order valence-electron chi connectivity index (χ1n) is 72.1. The summed E-state index contributed by atoms with van der Waals surface area (Å²) in [7, 11) is 0. The maximum atomic E-state index is 14.3. The van der Waals surface area contributed by atoms with Gasteiger partial charge in [-0.3, -0.25) is 0 Å². The van der Waals surface area contributed by atoms with Gasteiger partial charge in [0.2, 0.25) is 12.4 Å². The smallest absolute Gasteiger partial charge is 0.340 e. The lowest BCUT2D eigenvalue weighted by molar-refractivity contribution is -0.259. The highest BCUT2D eigenvalue weighted by Crippen LogP contribution is 2.43. The van der Waals surface area contributed by atoms with Crippen LogP contribution in [-0.4, -0.2) is 124 Å². The van der Waals surface area contributed by atoms with Crippen molar-refractivity contribution in [3.8, 4) is 22.3 Å². The summed E-state index contributed by atoms with van der Waals surface area (Å²) in [4.78, 5) is 89.9. The van der Waals surface area contributed by atoms with Crippen LogP contribution in [0.5, 0.6) is 0 Å². The first kappa shape index (κ1) is 48.1. The number of hydrogen-bond acceptors (Lipinski definition) is 19. The zero-order valence-electron chi connectivity index (χ0n) is 133. The molecular weight excluding hydrogens is 1460 g/mol. The third-order valence-electron chi connectivity index (χ3n) is 19.8. The lowest BCUT2D eigenvalue weighted by atomic mass is 9.91. The van der Waals surface area contributed by atoms with Gasteiger partial charge < -0.3 is 57.7 Å². The number of hydrogen-bond donors (Lipinski definition) is 2. The van der Waals surface area contributed by atoms with Gasteiger partial charge in [-0.15, -0.1) is 0 Å². The van der Waals surface area contributed by atoms with E-state index in [-0.39, 0.29) is 54.6 Å². The van der Waals surface area contributed by atoms with E-state index in [4.69, 9.17) is 142 Å². The van der Waals surface area contributed by atoms with Gasteiger partial charge in [-0.1, -0.05) is 172 Å². The molecule has 3 heterocycles. The predicted octanol–water partition coefficient (Wildman–Crippen LogP) is 26.5. The van der Waals surface area contributed by atoms with Crippen LogP contribution < -0.4 is 0 Å². The van der Waals surface area contributed by atoms with Crippen LogP contribution in [-0.2, 0) is 60.3 Å². The van der Waals surface area contributed by atoms with Crippen LogP contribution in [0.4, 0.5) is 8.78 Å². The number of aliphatic hydroxyl groups is 2. The van der Waals surface area contributed by atoms with Crippen LogP contribution in [0.1, 0.15) is 249 Å². The summed E-state index contributed by atoms with van der Waals surface area (Å²) >= 11 is 2.71. The van der Waals surface area contributed by atoms with Gasteiger partial charge in [0.25, 0.3) is 0 Å². The molecule has 9 aromatic rings. The monoisotopic (exact) mass is 1760 g/mol. The Bertz CT molecular complexity index is 4770. The summed E-state index contributed by atoms with van der Waals surface area (Å²) in [5.41, 5.74) is 5.68. The Morgan fingerprint density at radius 1 is 0.378 bits per heavy atom. The highest BCUT2D eigenvalue weighted by Gasteiger charge is 2.51. The van der Waals surface area contributed by atoms with E-state index >= 15 is 0 Å². The molecule has 9 aromatic carbocycles. The SMILES string of the molecule is CC(=O)CCCc1ccc(SC2OC(C)C(C)C(O)C2O)cc1-c1cccc(F)c1.CC(=O)CCCc1ccc(SC2O[C@@H](C)[C@H](C)[C@@H](OC(=O)c3ccccc3)[C@H]2OC(=O)c2ccccc2)cc1-c1cccc(F)c1.C[C@@H]1[C@@H](OC(=O)c2ccccc2)[C@@H](OC(=O)c2ccccc2)C(OC(=O)c2ccccc2)O[C@H]1C.[3HH].[3H][3H].[3H][3H].[3H][3H].[3H][3H].[3H][3H].[3H][3H].[3H][3H].[3H][3H].[3H][3H].[3H][3H].[3H][3H].[3H][3H].[3H][3H].[3H][3H].[3H][3H].[3H][3H].[3H][3H].[3H][3H].[3H][3H].[3H][3H].[3H][3H].[3H][3H].[3H][3H].[3H][3H].[3H][3H].[3H][3H].[3H][3H].[3H][3H].[3H][3H].[3H][3H].[3H][3H].[3H][3H].[3H][3H].[3H][3H].[3H][3H]. The third kappa shape index (κ3) is 23.1. The molecule has 111 heavy (non-hydrogen) atoms. The molecule has 0 aromatic heterocycles. The quantitative estimate of drug-likeness (QED) is 0.0423. The van der Waals surface area contributed by atoms with E-state index in [0.29, 0.717) is 65.5 Å². The summed E-state index contributed by atoms with van der Waals surface area (Å²) in [5.74, 6) is -4.12. The number of carbonyl (C=O) groups excluding carboxylic acids is 7. The molecule has 17 nitrogen and oxygen atoms in total. The van der Waals surface area contributed by atoms with Gasteiger partial charge in [0.05, 0.1) is 52.2 Å². The van der Waals surface area contributed by atoms with Crippen molar-refractivity contribution < 1.29 is 196 Å². The molecule has 3 aliphatic rings. The first-order chi connectivity index (χ1) is 88.4. The topological polar surface area (TPSA) is 234 Å². The highest BCUT2D eigenvalue weighted by molar-refractivity contribution is 8.00. The van der Waals surface area contributed by atoms with Crippen molar-refractivity contribution in [3.05, 3.63) is 287 Å². The number of esters is 5. The van der Waals surface area contributed by atoms with Gasteiger partial charge in [-0.2, -0.15) is 0 Å². The van der Waals surface area contributed by atoms with Crippen molar-refractivity contribution in [2.24, 2.45) is 17.8 Å². The van der Waals surface area contributed by atoms with E-state index in [0.717, 1.165) is 44.0 Å². The van der Waals surface area contributed by atoms with E-state index in [9.17, 15) is 52.6 Å². The van der Waals surface area contributed by atoms with E-state index in [1.165, 1.54) is 47.8 Å². The van der Waals surface area contributed by atoms with Crippen molar-refractivity contribution in [3.63, 3.8) is 0 Å². The Hall–Kier alpha value is -9.97. The molecule has 3 saturated heterocycles. The number of carbonyl (C=O) groups is 7. The number of halogens is 2. The number of aliphatic hydroxyl groups excluding tert-OH is 2. The summed E-state index contributed by atoms with van der Waals surface area (Å²) in [6, 6.07) is 67.3. The molecule has 7 unspecified atom stereocenters. The molecule has 2 N–H and O–H groups in total. The van der Waals surface area contributed by atoms with Gasteiger partial charge in [0.1, 0.15) is 46.3 Å². The van der Waals surface area contributed by atoms with Crippen molar-refractivity contribution in [1.29, 1.82) is 0 Å². The molecule has 652 valence electrons. The van der Waals surface area contributed by atoms with Crippen molar-refractivity contribution in [2.45, 2.75) is 176 Å². The number of Topliss-reactive ketones (excluding diaryl/α,β-unsaturated/α-hetero) is 2. The normalized spacial score (nSPS) is 25.8. The van der Waals surface area contributed by atoms with Crippen LogP contribution >= 0.6 is 23.5 Å². The van der Waals surface area contributed by atoms with Gasteiger partial charge in [0.15, 0.2) is 12.2 Å². The van der Waals surface area contributed by atoms with E-state index < -0.39 is 89.7 Å². The first-order valence-corrected chi connectivity index (χ1v) is 38.9. The Morgan fingerprint density at radius 3 is 1.10 bits per heavy atom. The fourth-order valence-electron chi connectivity index (χ4n) is 13.0. The molecule has 0 aliphatic carbocycles. The molecule has 3 fully saturated rings. The van der Waals surface area contributed by atoms with Crippen LogP contribution in [0.3, 0.4) is 0 Å². The molecule has 12 rings (SSSR count). The Balaban J connectivity index is -0.0000000639. The van der Waals surface area contributed by atoms with Crippen LogP contribution in [0.25, 0.3) is 22.3 Å². The molecule has 3 aliphatic heterocycles. The number of thioether (sulfide) groups is 2. The van der Waals surface area contributed by atoms with Gasteiger partial charge >= 0.3 is 29.8 Å². The van der Waals surface area contributed by atoms with E-state index in [1.807, 2.05) is 95.3 Å². The molecular formula is C90H164F2O17S2. The summed E-state index contributed by atoms with van der Waals surface area (Å²) in [5, 5.41) is 20.8. The van der Waals surface area contributed by atoms with Crippen molar-refractivity contribution in [2.75, 3.05) is 0 Å². The minimum atomic E-state index is -1.28. The Labute approximate surface area is 764 Å². The summed E-state index contributed by atoms with van der Waals surface area (Å²) in [6.07, 6.45) is -4.17. The maximum absolute atomic E-state index is 14.3. The van der Waals surface area contributed by atoms with Gasteiger partial charge in [-0.05, 0) is 203 Å². The Morgan fingerprint density at radius 2 is 0.712 bits per heavy atom. The standard InChI is InChI=1S/C38H37FO6S.C28H26O7.C24H29FO4S.36H2/c1-24(40)12-10-17-27-20-21-32(23-33(27)30-18-11-19-31(39)22-30)46-38-35(45-37(42)29-15-8-5-9-16-29)34(25(2)26(3)43-38)44-36(41)28-13-6-4-7-14-28;1-18-19(2)32-28(35-27(31)22-16-10-5-11-17-22)24(34-26(30)21-14-8-4-9-15-21)23(18)33-25(29)20-12-6-3-7-13-20;1-14(26)6-4-7-17-10-11-20(13-21(17)18-8-5-9-19(25)12-18)30-24-23(28)22(27)15(2)16(3)29-24;;;;;;;;;;;;;;;;;;;;;;;;;;;;;;;;;;;;/h4-9,11,13-16,18-23,25-26,34-35,38H,10,12,17H2,1-3H3;3-19,23-24,28H,1-2H3;5,8-13,15-16,22-24,27-28H,4,6-7H2,1-3H3;36*1H/t25-,26-,34+,35+,38?;18-,19-,23+,24+,28?;;;;;;;;;;;;;;;;;;;;;;;;;;;;;;;;;;;;;/m00...................................../s1/i;;;35*1+2T;1+2. The predicted molar refractivity (Wildman–Crippen MR) is 496 cm³/mol. The molecule has 0 amide bonds. The zero-order valence-corrected chi connectivity index (χ0v) is 64.6. The lowest BCUT2D eigenvalue weighted by Crippen LogP contribution is -2.57. The molecule has 0 spiro atoms. The highest BCUT2D eigenvalue weighted by atomic mass is 32.2. The second-order valence-electron chi connectivity index (χ2n) is 27.9. The number of benzene rings is 9. The molecule has 0 radical (unpaired) electrons. The second-order valence-corrected chi connectivity index (χ2v) is 30.3. The van der Waals surface area contributed by atoms with Crippen LogP contribution in [0, 0.1) is 29.4 Å². The summed E-state index contributed by atoms with van der Waals surface area (Å²) < 4.78 is 426. The molecule has 21 heteroatoms. The summed E-state index contributed by atoms with van der Waals surface area (Å²) in [6.45, 7) is 14.3. The minimum Gasteiger partial charge on any atom is -0.454 e. The minimum absolute atomic E-state index is 0. The maximum Gasteiger partial charge on any atom is 0.340 e. The largest absolute Gasteiger partial charge is 0.454 e. The number of aryl methyl sites for hydroxylation is 2. The third-order valence-corrected chi connectivity index (χ3v) is 22.1. The Kier molecular flexibility index (Phi) is 17.4. The molecule has 15 atom stereocenters. The molecule has 0 saturated carbocycles. The van der Waals surface area contributed by atoms with Crippen molar-refractivity contribution in [1.82, 2.24) is 0 Å². The van der Waals surface area contributed by atoms with E-state index in [1.54, 1.807) is 172 Å².